The van der Waals surface area contributed by atoms with Crippen molar-refractivity contribution >= 4 is 0 Å². The van der Waals surface area contributed by atoms with E-state index in [0.29, 0.717) is 23.5 Å². The first-order chi connectivity index (χ1) is 9.78. The minimum Gasteiger partial charge on any atom is -0.507 e. The average molecular weight is 292 g/mol. The van der Waals surface area contributed by atoms with E-state index in [1.165, 1.54) is 5.56 Å². The highest BCUT2D eigenvalue weighted by Gasteiger charge is 2.55. The number of aliphatic hydroxyl groups is 1. The summed E-state index contributed by atoms with van der Waals surface area (Å²) in [4.78, 5) is 0. The fourth-order valence-electron chi connectivity index (χ4n) is 4.38. The van der Waals surface area contributed by atoms with Gasteiger partial charge in [0.05, 0.1) is 0 Å². The van der Waals surface area contributed by atoms with Crippen molar-refractivity contribution < 1.29 is 14.9 Å². The predicted molar refractivity (Wildman–Crippen MR) is 85.2 cm³/mol. The lowest BCUT2D eigenvalue weighted by molar-refractivity contribution is 0.0998. The van der Waals surface area contributed by atoms with Crippen molar-refractivity contribution in [3.8, 4) is 11.5 Å². The zero-order valence-corrected chi connectivity index (χ0v) is 14.2. The van der Waals surface area contributed by atoms with Crippen LogP contribution >= 0.6 is 0 Å². The second-order valence-electron chi connectivity index (χ2n) is 6.90. The van der Waals surface area contributed by atoms with Crippen LogP contribution in [0.5, 0.6) is 11.5 Å². The molecule has 21 heavy (non-hydrogen) atoms. The molecule has 1 heterocycles. The molecule has 0 saturated heterocycles. The van der Waals surface area contributed by atoms with E-state index in [2.05, 4.69) is 27.7 Å². The molecule has 2 aliphatic rings. The fraction of sp³-hybridized carbons (Fsp3) is 0.667. The molecular weight excluding hydrogens is 264 g/mol. The summed E-state index contributed by atoms with van der Waals surface area (Å²) in [6.07, 6.45) is 1.10. The van der Waals surface area contributed by atoms with Crippen LogP contribution < -0.4 is 4.74 Å². The third-order valence-electron chi connectivity index (χ3n) is 5.72. The quantitative estimate of drug-likeness (QED) is 0.764. The molecule has 1 aromatic carbocycles. The molecule has 0 bridgehead atoms. The maximum absolute atomic E-state index is 10.4. The molecule has 0 aromatic heterocycles. The van der Waals surface area contributed by atoms with E-state index in [1.54, 1.807) is 0 Å². The minimum atomic E-state index is -0.0864. The molecule has 3 rings (SSSR count). The third kappa shape index (κ3) is 2.05. The second-order valence-corrected chi connectivity index (χ2v) is 6.90. The molecule has 1 aromatic rings. The number of aliphatic hydroxyl groups excluding tert-OH is 1. The number of aromatic hydroxyl groups is 1. The molecule has 2 N–H and O–H groups in total. The molecule has 1 saturated carbocycles. The summed E-state index contributed by atoms with van der Waals surface area (Å²) in [6, 6.07) is 0. The Kier molecular flexibility index (Phi) is 4.00. The van der Waals surface area contributed by atoms with E-state index in [1.807, 2.05) is 13.8 Å². The van der Waals surface area contributed by atoms with Gasteiger partial charge in [-0.2, -0.15) is 0 Å². The first-order valence-electron chi connectivity index (χ1n) is 7.74. The average Bonchev–Trinajstić information content (AvgIpc) is 2.87. The molecule has 4 atom stereocenters. The smallest absolute Gasteiger partial charge is 0.127 e. The van der Waals surface area contributed by atoms with Gasteiger partial charge in [0.25, 0.3) is 0 Å². The van der Waals surface area contributed by atoms with Gasteiger partial charge in [-0.3, -0.25) is 0 Å². The molecule has 1 fully saturated rings. The van der Waals surface area contributed by atoms with Gasteiger partial charge in [0.2, 0.25) is 0 Å². The molecule has 3 nitrogen and oxygen atoms in total. The van der Waals surface area contributed by atoms with Crippen LogP contribution in [0.3, 0.4) is 0 Å². The summed E-state index contributed by atoms with van der Waals surface area (Å²) in [6.45, 7) is 12.9. The maximum Gasteiger partial charge on any atom is 0.127 e. The lowest BCUT2D eigenvalue weighted by atomic mass is 9.80. The lowest BCUT2D eigenvalue weighted by Gasteiger charge is -2.25. The van der Waals surface area contributed by atoms with E-state index >= 15 is 0 Å². The standard InChI is InChI=1S/C17H24O2.CH4O/c1-8-7-17(6)14(9(8)2)13-12(5)15(18)10(3)11(4)16(13)19-17;1-2/h8-9,14,18H,7H2,1-6H3;2H,1H3. The van der Waals surface area contributed by atoms with E-state index in [4.69, 9.17) is 9.84 Å². The Morgan fingerprint density at radius 1 is 1.05 bits per heavy atom. The molecular formula is C18H28O3. The van der Waals surface area contributed by atoms with Crippen LogP contribution in [0.4, 0.5) is 0 Å². The van der Waals surface area contributed by atoms with Crippen LogP contribution in [0, 0.1) is 32.6 Å². The monoisotopic (exact) mass is 292 g/mol. The zero-order chi connectivity index (χ0) is 16.1. The Balaban J connectivity index is 0.000000774. The van der Waals surface area contributed by atoms with E-state index in [9.17, 15) is 5.11 Å². The molecule has 0 amide bonds. The van der Waals surface area contributed by atoms with Crippen molar-refractivity contribution in [3.05, 3.63) is 22.3 Å². The zero-order valence-electron chi connectivity index (χ0n) is 14.2. The van der Waals surface area contributed by atoms with Gasteiger partial charge in [0.1, 0.15) is 17.1 Å². The highest BCUT2D eigenvalue weighted by Crippen LogP contribution is 2.61. The van der Waals surface area contributed by atoms with Crippen molar-refractivity contribution in [2.24, 2.45) is 11.8 Å². The topological polar surface area (TPSA) is 49.7 Å². The molecule has 3 heteroatoms. The summed E-state index contributed by atoms with van der Waals surface area (Å²) in [5.41, 5.74) is 4.26. The van der Waals surface area contributed by atoms with Gasteiger partial charge in [-0.05, 0) is 62.6 Å². The van der Waals surface area contributed by atoms with Gasteiger partial charge in [0, 0.05) is 18.6 Å². The molecule has 4 unspecified atom stereocenters. The third-order valence-corrected chi connectivity index (χ3v) is 5.72. The highest BCUT2D eigenvalue weighted by atomic mass is 16.5. The second kappa shape index (κ2) is 5.20. The van der Waals surface area contributed by atoms with E-state index in [-0.39, 0.29) is 5.60 Å². The van der Waals surface area contributed by atoms with Crippen LogP contribution in [0.2, 0.25) is 0 Å². The predicted octanol–water partition coefficient (Wildman–Crippen LogP) is 3.84. The van der Waals surface area contributed by atoms with E-state index in [0.717, 1.165) is 36.0 Å². The van der Waals surface area contributed by atoms with Crippen LogP contribution in [-0.2, 0) is 0 Å². The molecule has 0 radical (unpaired) electrons. The van der Waals surface area contributed by atoms with Gasteiger partial charge < -0.3 is 14.9 Å². The number of hydrogen-bond acceptors (Lipinski definition) is 3. The Labute approximate surface area is 128 Å². The number of fused-ring (bicyclic) bond motifs is 3. The number of hydrogen-bond donors (Lipinski definition) is 2. The van der Waals surface area contributed by atoms with Gasteiger partial charge in [-0.15, -0.1) is 0 Å². The maximum atomic E-state index is 10.4. The molecule has 0 spiro atoms. The van der Waals surface area contributed by atoms with Crippen molar-refractivity contribution in [1.82, 2.24) is 0 Å². The Morgan fingerprint density at radius 2 is 1.62 bits per heavy atom. The summed E-state index contributed by atoms with van der Waals surface area (Å²) >= 11 is 0. The normalized spacial score (nSPS) is 32.9. The summed E-state index contributed by atoms with van der Waals surface area (Å²) in [5, 5.41) is 17.4. The largest absolute Gasteiger partial charge is 0.507 e. The summed E-state index contributed by atoms with van der Waals surface area (Å²) in [5.74, 6) is 3.19. The Hall–Kier alpha value is -1.22. The Morgan fingerprint density at radius 3 is 2.19 bits per heavy atom. The van der Waals surface area contributed by atoms with Crippen LogP contribution in [0.25, 0.3) is 0 Å². The van der Waals surface area contributed by atoms with Gasteiger partial charge in [-0.1, -0.05) is 13.8 Å². The van der Waals surface area contributed by atoms with Gasteiger partial charge in [0.15, 0.2) is 0 Å². The van der Waals surface area contributed by atoms with Crippen molar-refractivity contribution in [3.63, 3.8) is 0 Å². The Bertz CT molecular complexity index is 564. The number of phenolic OH excluding ortho intramolecular Hbond substituents is 1. The number of phenols is 1. The van der Waals surface area contributed by atoms with Crippen molar-refractivity contribution in [2.45, 2.75) is 59.5 Å². The first-order valence-corrected chi connectivity index (χ1v) is 7.74. The molecule has 118 valence electrons. The van der Waals surface area contributed by atoms with Gasteiger partial charge in [-0.25, -0.2) is 0 Å². The number of ether oxygens (including phenoxy) is 1. The van der Waals surface area contributed by atoms with Crippen LogP contribution in [0.1, 0.15) is 55.4 Å². The summed E-state index contributed by atoms with van der Waals surface area (Å²) < 4.78 is 6.40. The lowest BCUT2D eigenvalue weighted by Crippen LogP contribution is -2.30. The summed E-state index contributed by atoms with van der Waals surface area (Å²) in [7, 11) is 1.00. The van der Waals surface area contributed by atoms with Crippen LogP contribution in [-0.4, -0.2) is 22.9 Å². The van der Waals surface area contributed by atoms with E-state index < -0.39 is 0 Å². The SMILES string of the molecule is CO.Cc1c(C)c2c(c(C)c1O)C1C(C)C(C)CC1(C)O2. The molecule has 1 aliphatic carbocycles. The highest BCUT2D eigenvalue weighted by molar-refractivity contribution is 5.62. The van der Waals surface area contributed by atoms with Crippen molar-refractivity contribution in [2.75, 3.05) is 7.11 Å². The van der Waals surface area contributed by atoms with Gasteiger partial charge >= 0.3 is 0 Å². The number of benzene rings is 1. The minimum absolute atomic E-state index is 0.0864. The molecule has 1 aliphatic heterocycles. The number of rotatable bonds is 0. The fourth-order valence-corrected chi connectivity index (χ4v) is 4.38. The van der Waals surface area contributed by atoms with Crippen molar-refractivity contribution in [1.29, 1.82) is 0 Å². The first kappa shape index (κ1) is 16.2. The van der Waals surface area contributed by atoms with Crippen LogP contribution in [0.15, 0.2) is 0 Å².